The summed E-state index contributed by atoms with van der Waals surface area (Å²) in [6, 6.07) is 8.74. The monoisotopic (exact) mass is 552 g/mol. The molecule has 176 valence electrons. The SMILES string of the molecule is CN=C(NCc1ccccc1CN1CC(C)OC(C)C1)N1CCC(c2cnn(C)c2)C1.I. The molecule has 0 radical (unpaired) electrons. The predicted octanol–water partition coefficient (Wildman–Crippen LogP) is 3.21. The summed E-state index contributed by atoms with van der Waals surface area (Å²) in [7, 11) is 3.86. The van der Waals surface area contributed by atoms with Crippen molar-refractivity contribution in [3.8, 4) is 0 Å². The number of nitrogens with one attached hydrogen (secondary N) is 1. The molecule has 0 spiro atoms. The van der Waals surface area contributed by atoms with E-state index in [9.17, 15) is 0 Å². The fourth-order valence-electron chi connectivity index (χ4n) is 4.92. The van der Waals surface area contributed by atoms with Crippen LogP contribution in [-0.2, 0) is 24.9 Å². The zero-order chi connectivity index (χ0) is 21.8. The summed E-state index contributed by atoms with van der Waals surface area (Å²) in [5.41, 5.74) is 4.03. The quantitative estimate of drug-likeness (QED) is 0.351. The van der Waals surface area contributed by atoms with Crippen molar-refractivity contribution in [2.24, 2.45) is 12.0 Å². The summed E-state index contributed by atoms with van der Waals surface area (Å²) >= 11 is 0. The Balaban J connectivity index is 0.00000289. The fourth-order valence-corrected chi connectivity index (χ4v) is 4.92. The number of ether oxygens (including phenoxy) is 1. The maximum Gasteiger partial charge on any atom is 0.193 e. The van der Waals surface area contributed by atoms with Gasteiger partial charge in [0.15, 0.2) is 5.96 Å². The zero-order valence-corrected chi connectivity index (χ0v) is 22.0. The molecule has 7 nitrogen and oxygen atoms in total. The molecule has 1 aromatic carbocycles. The number of morpholine rings is 1. The van der Waals surface area contributed by atoms with Crippen LogP contribution in [0.3, 0.4) is 0 Å². The molecule has 3 atom stereocenters. The number of nitrogens with zero attached hydrogens (tertiary/aromatic N) is 5. The van der Waals surface area contributed by atoms with Gasteiger partial charge in [0.1, 0.15) is 0 Å². The molecule has 0 amide bonds. The first-order valence-electron chi connectivity index (χ1n) is 11.4. The van der Waals surface area contributed by atoms with Gasteiger partial charge in [-0.05, 0) is 37.0 Å². The van der Waals surface area contributed by atoms with Crippen LogP contribution in [0, 0.1) is 0 Å². The molecule has 1 N–H and O–H groups in total. The third-order valence-corrected chi connectivity index (χ3v) is 6.34. The first kappa shape index (κ1) is 25.0. The molecule has 2 aromatic rings. The van der Waals surface area contributed by atoms with E-state index in [4.69, 9.17) is 4.74 Å². The summed E-state index contributed by atoms with van der Waals surface area (Å²) < 4.78 is 7.78. The van der Waals surface area contributed by atoms with Crippen LogP contribution < -0.4 is 5.32 Å². The molecule has 8 heteroatoms. The molecule has 0 aliphatic carbocycles. The van der Waals surface area contributed by atoms with Crippen molar-refractivity contribution in [1.82, 2.24) is 24.9 Å². The number of aliphatic imine (C=N–C) groups is 1. The summed E-state index contributed by atoms with van der Waals surface area (Å²) in [6.45, 7) is 10.0. The second kappa shape index (κ2) is 11.5. The van der Waals surface area contributed by atoms with Gasteiger partial charge in [0, 0.05) is 65.5 Å². The highest BCUT2D eigenvalue weighted by Gasteiger charge is 2.27. The molecule has 32 heavy (non-hydrogen) atoms. The number of guanidine groups is 1. The van der Waals surface area contributed by atoms with Crippen molar-refractivity contribution in [1.29, 1.82) is 0 Å². The van der Waals surface area contributed by atoms with Crippen LogP contribution in [0.4, 0.5) is 0 Å². The third kappa shape index (κ3) is 6.23. The number of aryl methyl sites for hydroxylation is 1. The molecule has 0 saturated carbocycles. The van der Waals surface area contributed by atoms with Crippen molar-refractivity contribution < 1.29 is 4.74 Å². The Morgan fingerprint density at radius 3 is 2.53 bits per heavy atom. The topological polar surface area (TPSA) is 57.9 Å². The van der Waals surface area contributed by atoms with Gasteiger partial charge in [-0.25, -0.2) is 0 Å². The molecule has 0 bridgehead atoms. The Kier molecular flexibility index (Phi) is 8.95. The van der Waals surface area contributed by atoms with Crippen molar-refractivity contribution in [2.75, 3.05) is 33.2 Å². The molecule has 2 fully saturated rings. The maximum absolute atomic E-state index is 5.90. The van der Waals surface area contributed by atoms with Gasteiger partial charge in [-0.1, -0.05) is 24.3 Å². The van der Waals surface area contributed by atoms with Crippen LogP contribution in [0.2, 0.25) is 0 Å². The van der Waals surface area contributed by atoms with Crippen molar-refractivity contribution >= 4 is 29.9 Å². The highest BCUT2D eigenvalue weighted by atomic mass is 127. The van der Waals surface area contributed by atoms with Gasteiger partial charge in [-0.15, -0.1) is 24.0 Å². The van der Waals surface area contributed by atoms with Crippen LogP contribution >= 0.6 is 24.0 Å². The average molecular weight is 553 g/mol. The Labute approximate surface area is 209 Å². The first-order chi connectivity index (χ1) is 15.0. The van der Waals surface area contributed by atoms with E-state index in [-0.39, 0.29) is 36.2 Å². The number of rotatable bonds is 5. The van der Waals surface area contributed by atoms with Crippen LogP contribution in [0.25, 0.3) is 0 Å². The molecule has 2 saturated heterocycles. The summed E-state index contributed by atoms with van der Waals surface area (Å²) in [5.74, 6) is 1.50. The Hall–Kier alpha value is -1.65. The lowest BCUT2D eigenvalue weighted by molar-refractivity contribution is -0.0705. The Bertz CT molecular complexity index is 890. The van der Waals surface area contributed by atoms with Crippen molar-refractivity contribution in [3.05, 3.63) is 53.3 Å². The second-order valence-corrected chi connectivity index (χ2v) is 9.00. The van der Waals surface area contributed by atoms with E-state index in [1.165, 1.54) is 16.7 Å². The highest BCUT2D eigenvalue weighted by Crippen LogP contribution is 2.26. The van der Waals surface area contributed by atoms with E-state index in [0.717, 1.165) is 51.6 Å². The van der Waals surface area contributed by atoms with Crippen LogP contribution in [0.5, 0.6) is 0 Å². The Morgan fingerprint density at radius 1 is 1.16 bits per heavy atom. The standard InChI is InChI=1S/C24H36N6O.HI/c1-18-13-29(14-19(2)31-18)16-21-8-6-5-7-20(21)11-26-24(25-3)30-10-9-22(17-30)23-12-27-28(4)15-23;/h5-8,12,15,18-19,22H,9-11,13-14,16-17H2,1-4H3,(H,25,26);1H. The minimum Gasteiger partial charge on any atom is -0.373 e. The minimum atomic E-state index is 0. The molecule has 3 heterocycles. The van der Waals surface area contributed by atoms with Crippen molar-refractivity contribution in [2.45, 2.75) is 51.5 Å². The van der Waals surface area contributed by atoms with Gasteiger partial charge >= 0.3 is 0 Å². The normalized spacial score (nSPS) is 24.4. The number of benzene rings is 1. The van der Waals surface area contributed by atoms with Crippen LogP contribution in [-0.4, -0.2) is 71.0 Å². The van der Waals surface area contributed by atoms with E-state index >= 15 is 0 Å². The van der Waals surface area contributed by atoms with Gasteiger partial charge in [0.05, 0.1) is 18.4 Å². The first-order valence-corrected chi connectivity index (χ1v) is 11.4. The van der Waals surface area contributed by atoms with Crippen molar-refractivity contribution in [3.63, 3.8) is 0 Å². The molecular formula is C24H37IN6O. The number of halogens is 1. The van der Waals surface area contributed by atoms with E-state index in [1.54, 1.807) is 0 Å². The van der Waals surface area contributed by atoms with Gasteiger partial charge in [0.2, 0.25) is 0 Å². The van der Waals surface area contributed by atoms with E-state index in [0.29, 0.717) is 5.92 Å². The summed E-state index contributed by atoms with van der Waals surface area (Å²) in [6.07, 6.45) is 5.84. The van der Waals surface area contributed by atoms with Gasteiger partial charge in [0.25, 0.3) is 0 Å². The summed E-state index contributed by atoms with van der Waals surface area (Å²) in [4.78, 5) is 9.44. The lowest BCUT2D eigenvalue weighted by Crippen LogP contribution is -2.45. The lowest BCUT2D eigenvalue weighted by atomic mass is 10.0. The lowest BCUT2D eigenvalue weighted by Gasteiger charge is -2.35. The molecular weight excluding hydrogens is 515 g/mol. The molecule has 2 aliphatic heterocycles. The fraction of sp³-hybridized carbons (Fsp3) is 0.583. The average Bonchev–Trinajstić information content (AvgIpc) is 3.38. The van der Waals surface area contributed by atoms with Gasteiger partial charge in [-0.2, -0.15) is 5.10 Å². The van der Waals surface area contributed by atoms with E-state index in [1.807, 2.05) is 25.0 Å². The Morgan fingerprint density at radius 2 is 1.88 bits per heavy atom. The number of likely N-dealkylation sites (tertiary alicyclic amines) is 1. The van der Waals surface area contributed by atoms with Crippen LogP contribution in [0.15, 0.2) is 41.7 Å². The maximum atomic E-state index is 5.90. The van der Waals surface area contributed by atoms with Crippen LogP contribution in [0.1, 0.15) is 42.9 Å². The van der Waals surface area contributed by atoms with E-state index < -0.39 is 0 Å². The third-order valence-electron chi connectivity index (χ3n) is 6.34. The predicted molar refractivity (Wildman–Crippen MR) is 139 cm³/mol. The number of aromatic nitrogens is 2. The molecule has 2 aliphatic rings. The van der Waals surface area contributed by atoms with E-state index in [2.05, 4.69) is 69.5 Å². The molecule has 3 unspecified atom stereocenters. The van der Waals surface area contributed by atoms with Gasteiger partial charge < -0.3 is 15.0 Å². The zero-order valence-electron chi connectivity index (χ0n) is 19.7. The number of hydrogen-bond acceptors (Lipinski definition) is 4. The summed E-state index contributed by atoms with van der Waals surface area (Å²) in [5, 5.41) is 7.95. The highest BCUT2D eigenvalue weighted by molar-refractivity contribution is 14.0. The molecule has 4 rings (SSSR count). The second-order valence-electron chi connectivity index (χ2n) is 9.00. The minimum absolute atomic E-state index is 0. The van der Waals surface area contributed by atoms with Gasteiger partial charge in [-0.3, -0.25) is 14.6 Å². The number of hydrogen-bond donors (Lipinski definition) is 1. The smallest absolute Gasteiger partial charge is 0.193 e. The molecule has 1 aromatic heterocycles. The largest absolute Gasteiger partial charge is 0.373 e.